The summed E-state index contributed by atoms with van der Waals surface area (Å²) in [5.74, 6) is 0.114. The Kier molecular flexibility index (Phi) is 1.53. The normalized spacial score (nSPS) is 40.9. The summed E-state index contributed by atoms with van der Waals surface area (Å²) < 4.78 is 5.33. The third kappa shape index (κ3) is 0.904. The van der Waals surface area contributed by atoms with Crippen molar-refractivity contribution in [3.63, 3.8) is 0 Å². The maximum atomic E-state index is 11.2. The Hall–Kier alpha value is -0.790. The van der Waals surface area contributed by atoms with Crippen LogP contribution in [0.3, 0.4) is 0 Å². The van der Waals surface area contributed by atoms with Crippen LogP contribution in [0.4, 0.5) is 0 Å². The van der Waals surface area contributed by atoms with E-state index in [-0.39, 0.29) is 11.6 Å². The molecule has 2 aliphatic rings. The van der Waals surface area contributed by atoms with E-state index in [2.05, 4.69) is 6.58 Å². The molecule has 2 atom stereocenters. The van der Waals surface area contributed by atoms with Gasteiger partial charge in [-0.15, -0.1) is 0 Å². The Bertz CT molecular complexity index is 244. The molecule has 2 fully saturated rings. The molecule has 0 radical (unpaired) electrons. The zero-order valence-corrected chi connectivity index (χ0v) is 7.43. The highest BCUT2D eigenvalue weighted by atomic mass is 16.6. The van der Waals surface area contributed by atoms with Crippen LogP contribution in [0, 0.1) is 5.92 Å². The molecule has 0 aromatic heterocycles. The van der Waals surface area contributed by atoms with Crippen molar-refractivity contribution in [3.05, 3.63) is 12.2 Å². The van der Waals surface area contributed by atoms with Gasteiger partial charge in [-0.2, -0.15) is 0 Å². The summed E-state index contributed by atoms with van der Waals surface area (Å²) in [6.07, 6.45) is 4.45. The minimum absolute atomic E-state index is 0.176. The van der Waals surface area contributed by atoms with Crippen molar-refractivity contribution in [1.29, 1.82) is 0 Å². The Morgan fingerprint density at radius 3 is 3.00 bits per heavy atom. The van der Waals surface area contributed by atoms with Crippen molar-refractivity contribution in [1.82, 2.24) is 0 Å². The fourth-order valence-electron chi connectivity index (χ4n) is 2.39. The lowest BCUT2D eigenvalue weighted by Gasteiger charge is -2.33. The lowest BCUT2D eigenvalue weighted by atomic mass is 9.75. The van der Waals surface area contributed by atoms with Crippen LogP contribution in [0.5, 0.6) is 0 Å². The fourth-order valence-corrected chi connectivity index (χ4v) is 2.39. The lowest BCUT2D eigenvalue weighted by molar-refractivity contribution is -0.148. The molecule has 0 unspecified atom stereocenters. The summed E-state index contributed by atoms with van der Waals surface area (Å²) in [7, 11) is 0. The average molecular weight is 166 g/mol. The van der Waals surface area contributed by atoms with Gasteiger partial charge in [-0.1, -0.05) is 13.0 Å². The number of fused-ring (bicyclic) bond motifs is 1. The highest BCUT2D eigenvalue weighted by molar-refractivity contribution is 5.91. The molecule has 0 aromatic carbocycles. The number of carbonyl (C=O) groups is 1. The van der Waals surface area contributed by atoms with Crippen molar-refractivity contribution >= 4 is 5.97 Å². The molecule has 0 aromatic rings. The van der Waals surface area contributed by atoms with Crippen LogP contribution in [0.2, 0.25) is 0 Å². The van der Waals surface area contributed by atoms with Crippen LogP contribution in [0.15, 0.2) is 12.2 Å². The maximum Gasteiger partial charge on any atom is 0.334 e. The molecule has 1 aliphatic carbocycles. The molecule has 2 heteroatoms. The Labute approximate surface area is 72.6 Å². The second kappa shape index (κ2) is 2.35. The number of hydrogen-bond donors (Lipinski definition) is 0. The van der Waals surface area contributed by atoms with Gasteiger partial charge in [0.1, 0.15) is 5.60 Å². The maximum absolute atomic E-state index is 11.2. The van der Waals surface area contributed by atoms with E-state index < -0.39 is 0 Å². The van der Waals surface area contributed by atoms with Crippen LogP contribution >= 0.6 is 0 Å². The molecule has 2 nitrogen and oxygen atoms in total. The molecule has 2 rings (SSSR count). The zero-order chi connectivity index (χ0) is 8.77. The fraction of sp³-hybridized carbons (Fsp3) is 0.700. The van der Waals surface area contributed by atoms with Crippen molar-refractivity contribution in [3.8, 4) is 0 Å². The smallest absolute Gasteiger partial charge is 0.334 e. The van der Waals surface area contributed by atoms with Crippen molar-refractivity contribution in [2.75, 3.05) is 0 Å². The molecule has 1 saturated carbocycles. The SMILES string of the molecule is C=C1C(=O)O[C@@]2(C)CCCC[C@H]12. The van der Waals surface area contributed by atoms with Crippen LogP contribution in [-0.2, 0) is 9.53 Å². The molecule has 0 spiro atoms. The molecule has 0 amide bonds. The Morgan fingerprint density at radius 1 is 1.58 bits per heavy atom. The Morgan fingerprint density at radius 2 is 2.33 bits per heavy atom. The van der Waals surface area contributed by atoms with Crippen molar-refractivity contribution in [2.24, 2.45) is 5.92 Å². The van der Waals surface area contributed by atoms with E-state index in [4.69, 9.17) is 4.74 Å². The largest absolute Gasteiger partial charge is 0.455 e. The first-order valence-corrected chi connectivity index (χ1v) is 4.56. The van der Waals surface area contributed by atoms with Gasteiger partial charge >= 0.3 is 5.97 Å². The first-order chi connectivity index (χ1) is 5.63. The van der Waals surface area contributed by atoms with E-state index in [1.54, 1.807) is 0 Å². The third-order valence-corrected chi connectivity index (χ3v) is 3.16. The molecule has 1 heterocycles. The number of hydrogen-bond acceptors (Lipinski definition) is 2. The van der Waals surface area contributed by atoms with Crippen LogP contribution in [0.25, 0.3) is 0 Å². The molecule has 66 valence electrons. The topological polar surface area (TPSA) is 26.3 Å². The third-order valence-electron chi connectivity index (χ3n) is 3.16. The highest BCUT2D eigenvalue weighted by Gasteiger charge is 2.49. The van der Waals surface area contributed by atoms with Gasteiger partial charge in [0.05, 0.1) is 0 Å². The summed E-state index contributed by atoms with van der Waals surface area (Å²) in [6, 6.07) is 0. The molecule has 1 aliphatic heterocycles. The summed E-state index contributed by atoms with van der Waals surface area (Å²) in [4.78, 5) is 11.2. The summed E-state index contributed by atoms with van der Waals surface area (Å²) in [5, 5.41) is 0. The first kappa shape index (κ1) is 7.84. The monoisotopic (exact) mass is 166 g/mol. The number of esters is 1. The van der Waals surface area contributed by atoms with E-state index in [0.29, 0.717) is 11.5 Å². The highest BCUT2D eigenvalue weighted by Crippen LogP contribution is 2.45. The minimum Gasteiger partial charge on any atom is -0.455 e. The van der Waals surface area contributed by atoms with E-state index in [0.717, 1.165) is 12.8 Å². The van der Waals surface area contributed by atoms with Crippen molar-refractivity contribution in [2.45, 2.75) is 38.2 Å². The van der Waals surface area contributed by atoms with E-state index in [1.165, 1.54) is 12.8 Å². The molecular formula is C10H14O2. The van der Waals surface area contributed by atoms with Crippen molar-refractivity contribution < 1.29 is 9.53 Å². The van der Waals surface area contributed by atoms with Crippen LogP contribution in [0.1, 0.15) is 32.6 Å². The predicted molar refractivity (Wildman–Crippen MR) is 45.6 cm³/mol. The van der Waals surface area contributed by atoms with E-state index >= 15 is 0 Å². The number of carbonyl (C=O) groups excluding carboxylic acids is 1. The molecule has 1 saturated heterocycles. The van der Waals surface area contributed by atoms with Crippen LogP contribution in [-0.4, -0.2) is 11.6 Å². The van der Waals surface area contributed by atoms with Gasteiger partial charge in [0.25, 0.3) is 0 Å². The number of rotatable bonds is 0. The second-order valence-corrected chi connectivity index (χ2v) is 4.03. The van der Waals surface area contributed by atoms with Gasteiger partial charge in [-0.05, 0) is 26.2 Å². The molecule has 12 heavy (non-hydrogen) atoms. The standard InChI is InChI=1S/C10H14O2/c1-7-8-5-3-4-6-10(8,2)12-9(7)11/h8H,1,3-6H2,2H3/t8-,10+/m1/s1. The molecular weight excluding hydrogens is 152 g/mol. The van der Waals surface area contributed by atoms with E-state index in [9.17, 15) is 4.79 Å². The molecule has 0 N–H and O–H groups in total. The summed E-state index contributed by atoms with van der Waals surface area (Å²) in [5.41, 5.74) is 0.476. The van der Waals surface area contributed by atoms with Crippen LogP contribution < -0.4 is 0 Å². The predicted octanol–water partition coefficient (Wildman–Crippen LogP) is 2.05. The zero-order valence-electron chi connectivity index (χ0n) is 7.43. The Balaban J connectivity index is 2.30. The number of ether oxygens (including phenoxy) is 1. The quantitative estimate of drug-likeness (QED) is 0.406. The van der Waals surface area contributed by atoms with Gasteiger partial charge in [-0.25, -0.2) is 4.79 Å². The second-order valence-electron chi connectivity index (χ2n) is 4.03. The summed E-state index contributed by atoms with van der Waals surface area (Å²) in [6.45, 7) is 5.82. The van der Waals surface area contributed by atoms with Gasteiger partial charge in [0.2, 0.25) is 0 Å². The lowest BCUT2D eigenvalue weighted by Crippen LogP contribution is -2.34. The van der Waals surface area contributed by atoms with Gasteiger partial charge in [0.15, 0.2) is 0 Å². The van der Waals surface area contributed by atoms with Gasteiger partial charge in [0, 0.05) is 11.5 Å². The average Bonchev–Trinajstić information content (AvgIpc) is 2.24. The van der Waals surface area contributed by atoms with Gasteiger partial charge < -0.3 is 4.74 Å². The first-order valence-electron chi connectivity index (χ1n) is 4.56. The van der Waals surface area contributed by atoms with E-state index in [1.807, 2.05) is 6.92 Å². The minimum atomic E-state index is -0.216. The molecule has 0 bridgehead atoms. The van der Waals surface area contributed by atoms with Gasteiger partial charge in [-0.3, -0.25) is 0 Å². The summed E-state index contributed by atoms with van der Waals surface area (Å²) >= 11 is 0.